The number of carbonyl (C=O) groups is 2. The normalized spacial score (nSPS) is 9.24. The second-order valence-electron chi connectivity index (χ2n) is 3.18. The molecule has 0 heterocycles. The Morgan fingerprint density at radius 3 is 2.41 bits per heavy atom. The van der Waals surface area contributed by atoms with Gasteiger partial charge in [-0.3, -0.25) is 20.4 Å². The Balaban J connectivity index is 2.39. The van der Waals surface area contributed by atoms with Crippen LogP contribution in [0.5, 0.6) is 0 Å². The van der Waals surface area contributed by atoms with Gasteiger partial charge in [-0.05, 0) is 24.4 Å². The minimum Gasteiger partial charge on any atom is -0.302 e. The van der Waals surface area contributed by atoms with Gasteiger partial charge in [0.2, 0.25) is 5.91 Å². The Labute approximate surface area is 105 Å². The molecule has 0 aliphatic heterocycles. The number of rotatable bonds is 2. The van der Waals surface area contributed by atoms with Crippen molar-refractivity contribution in [1.82, 2.24) is 16.2 Å². The molecular formula is C11H13N3O2S. The summed E-state index contributed by atoms with van der Waals surface area (Å²) in [4.78, 5) is 22.5. The number of hydrazine groups is 1. The third-order valence-electron chi connectivity index (χ3n) is 1.90. The second kappa shape index (κ2) is 6.59. The highest BCUT2D eigenvalue weighted by Gasteiger charge is 2.05. The number of hydrogen-bond acceptors (Lipinski definition) is 3. The van der Waals surface area contributed by atoms with Crippen molar-refractivity contribution in [3.8, 4) is 0 Å². The van der Waals surface area contributed by atoms with Gasteiger partial charge in [0.25, 0.3) is 5.91 Å². The van der Waals surface area contributed by atoms with E-state index in [4.69, 9.17) is 12.2 Å². The highest BCUT2D eigenvalue weighted by molar-refractivity contribution is 7.80. The van der Waals surface area contributed by atoms with Gasteiger partial charge >= 0.3 is 0 Å². The van der Waals surface area contributed by atoms with Crippen LogP contribution in [-0.4, -0.2) is 16.9 Å². The molecule has 0 aliphatic rings. The van der Waals surface area contributed by atoms with Gasteiger partial charge in [-0.2, -0.15) is 0 Å². The molecule has 0 saturated carbocycles. The number of amides is 2. The summed E-state index contributed by atoms with van der Waals surface area (Å²) in [6.07, 6.45) is 0.328. The molecule has 1 aromatic carbocycles. The van der Waals surface area contributed by atoms with Crippen molar-refractivity contribution in [1.29, 1.82) is 0 Å². The summed E-state index contributed by atoms with van der Waals surface area (Å²) in [6.45, 7) is 1.71. The molecule has 6 heteroatoms. The van der Waals surface area contributed by atoms with E-state index in [0.717, 1.165) is 0 Å². The van der Waals surface area contributed by atoms with E-state index in [0.29, 0.717) is 12.0 Å². The topological polar surface area (TPSA) is 70.2 Å². The average Bonchev–Trinajstić information content (AvgIpc) is 2.36. The molecule has 0 atom stereocenters. The van der Waals surface area contributed by atoms with Gasteiger partial charge in [-0.15, -0.1) is 0 Å². The Kier molecular flexibility index (Phi) is 5.09. The van der Waals surface area contributed by atoms with Gasteiger partial charge in [-0.1, -0.05) is 25.1 Å². The first-order valence-corrected chi connectivity index (χ1v) is 5.49. The third-order valence-corrected chi connectivity index (χ3v) is 2.10. The summed E-state index contributed by atoms with van der Waals surface area (Å²) >= 11 is 4.81. The first-order chi connectivity index (χ1) is 8.13. The minimum atomic E-state index is -0.321. The van der Waals surface area contributed by atoms with E-state index >= 15 is 0 Å². The standard InChI is InChI=1S/C11H13N3O2S/c1-2-9(15)12-11(17)14-13-10(16)8-6-4-3-5-7-8/h3-7H,2H2,1H3,(H,13,16)(H2,12,14,15,17). The molecule has 0 fully saturated rings. The maximum atomic E-state index is 11.6. The van der Waals surface area contributed by atoms with Crippen LogP contribution in [0.3, 0.4) is 0 Å². The molecule has 0 saturated heterocycles. The fraction of sp³-hybridized carbons (Fsp3) is 0.182. The van der Waals surface area contributed by atoms with Crippen molar-refractivity contribution in [2.24, 2.45) is 0 Å². The van der Waals surface area contributed by atoms with Crippen molar-refractivity contribution in [2.45, 2.75) is 13.3 Å². The van der Waals surface area contributed by atoms with Crippen LogP contribution < -0.4 is 16.2 Å². The van der Waals surface area contributed by atoms with E-state index in [2.05, 4.69) is 16.2 Å². The molecule has 1 rings (SSSR count). The van der Waals surface area contributed by atoms with E-state index in [1.165, 1.54) is 0 Å². The minimum absolute atomic E-state index is 0.0705. The van der Waals surface area contributed by atoms with Crippen molar-refractivity contribution in [2.75, 3.05) is 0 Å². The maximum Gasteiger partial charge on any atom is 0.269 e. The second-order valence-corrected chi connectivity index (χ2v) is 3.58. The first-order valence-electron chi connectivity index (χ1n) is 5.08. The number of nitrogens with one attached hydrogen (secondary N) is 3. The third kappa shape index (κ3) is 4.60. The van der Waals surface area contributed by atoms with Crippen LogP contribution in [0.2, 0.25) is 0 Å². The quantitative estimate of drug-likeness (QED) is 0.535. The zero-order valence-corrected chi connectivity index (χ0v) is 10.1. The van der Waals surface area contributed by atoms with E-state index in [9.17, 15) is 9.59 Å². The SMILES string of the molecule is CCC(=O)NC(=S)NNC(=O)c1ccccc1. The van der Waals surface area contributed by atoms with Gasteiger partial charge < -0.3 is 5.32 Å². The molecule has 0 radical (unpaired) electrons. The lowest BCUT2D eigenvalue weighted by Crippen LogP contribution is -2.48. The number of thiocarbonyl (C=S) groups is 1. The first kappa shape index (κ1) is 13.1. The van der Waals surface area contributed by atoms with Crippen LogP contribution in [-0.2, 0) is 4.79 Å². The van der Waals surface area contributed by atoms with Crippen molar-refractivity contribution in [3.63, 3.8) is 0 Å². The van der Waals surface area contributed by atoms with Crippen LogP contribution in [0.15, 0.2) is 30.3 Å². The van der Waals surface area contributed by atoms with Gasteiger partial charge in [0.1, 0.15) is 0 Å². The number of benzene rings is 1. The molecule has 5 nitrogen and oxygen atoms in total. The zero-order valence-electron chi connectivity index (χ0n) is 9.32. The van der Waals surface area contributed by atoms with E-state index in [1.807, 2.05) is 6.07 Å². The van der Waals surface area contributed by atoms with Crippen molar-refractivity contribution < 1.29 is 9.59 Å². The van der Waals surface area contributed by atoms with Crippen LogP contribution >= 0.6 is 12.2 Å². The Morgan fingerprint density at radius 2 is 1.82 bits per heavy atom. The molecular weight excluding hydrogens is 238 g/mol. The van der Waals surface area contributed by atoms with Gasteiger partial charge in [0.15, 0.2) is 5.11 Å². The Hall–Kier alpha value is -1.95. The lowest BCUT2D eigenvalue weighted by Gasteiger charge is -2.09. The smallest absolute Gasteiger partial charge is 0.269 e. The summed E-state index contributed by atoms with van der Waals surface area (Å²) in [6, 6.07) is 8.67. The lowest BCUT2D eigenvalue weighted by atomic mass is 10.2. The van der Waals surface area contributed by atoms with E-state index in [-0.39, 0.29) is 16.9 Å². The Morgan fingerprint density at radius 1 is 1.18 bits per heavy atom. The summed E-state index contributed by atoms with van der Waals surface area (Å²) in [5.41, 5.74) is 5.33. The monoisotopic (exact) mass is 251 g/mol. The van der Waals surface area contributed by atoms with E-state index < -0.39 is 0 Å². The highest BCUT2D eigenvalue weighted by atomic mass is 32.1. The van der Waals surface area contributed by atoms with Crippen molar-refractivity contribution >= 4 is 29.1 Å². The predicted octanol–water partition coefficient (Wildman–Crippen LogP) is 0.732. The highest BCUT2D eigenvalue weighted by Crippen LogP contribution is 1.96. The molecule has 1 aromatic rings. The van der Waals surface area contributed by atoms with Gasteiger partial charge in [0.05, 0.1) is 0 Å². The Bertz CT molecular complexity index is 420. The molecule has 0 unspecified atom stereocenters. The summed E-state index contributed by atoms with van der Waals surface area (Å²) in [5, 5.41) is 2.47. The van der Waals surface area contributed by atoms with Gasteiger partial charge in [0, 0.05) is 12.0 Å². The number of carbonyl (C=O) groups excluding carboxylic acids is 2. The van der Waals surface area contributed by atoms with Crippen LogP contribution in [0.4, 0.5) is 0 Å². The average molecular weight is 251 g/mol. The molecule has 0 aromatic heterocycles. The largest absolute Gasteiger partial charge is 0.302 e. The predicted molar refractivity (Wildman–Crippen MR) is 68.1 cm³/mol. The molecule has 90 valence electrons. The van der Waals surface area contributed by atoms with E-state index in [1.54, 1.807) is 31.2 Å². The molecule has 3 N–H and O–H groups in total. The number of hydrogen-bond donors (Lipinski definition) is 3. The van der Waals surface area contributed by atoms with Crippen LogP contribution in [0.25, 0.3) is 0 Å². The fourth-order valence-electron chi connectivity index (χ4n) is 1.02. The zero-order chi connectivity index (χ0) is 12.7. The summed E-state index contributed by atoms with van der Waals surface area (Å²) in [7, 11) is 0. The van der Waals surface area contributed by atoms with Crippen molar-refractivity contribution in [3.05, 3.63) is 35.9 Å². The molecule has 0 aliphatic carbocycles. The summed E-state index contributed by atoms with van der Waals surface area (Å²) < 4.78 is 0. The summed E-state index contributed by atoms with van der Waals surface area (Å²) in [5.74, 6) is -0.532. The molecule has 2 amide bonds. The maximum absolute atomic E-state index is 11.6. The van der Waals surface area contributed by atoms with Gasteiger partial charge in [-0.25, -0.2) is 0 Å². The lowest BCUT2D eigenvalue weighted by molar-refractivity contribution is -0.119. The molecule has 17 heavy (non-hydrogen) atoms. The molecule has 0 bridgehead atoms. The molecule has 0 spiro atoms. The van der Waals surface area contributed by atoms with Crippen LogP contribution in [0, 0.1) is 0 Å². The fourth-order valence-corrected chi connectivity index (χ4v) is 1.19. The van der Waals surface area contributed by atoms with Crippen LogP contribution in [0.1, 0.15) is 23.7 Å².